The largest absolute Gasteiger partial charge is 0.478 e. The van der Waals surface area contributed by atoms with Crippen LogP contribution in [0.15, 0.2) is 34.7 Å². The summed E-state index contributed by atoms with van der Waals surface area (Å²) >= 11 is 0. The Morgan fingerprint density at radius 2 is 2.15 bits per heavy atom. The van der Waals surface area contributed by atoms with Crippen LogP contribution in [0.2, 0.25) is 0 Å². The Morgan fingerprint density at radius 3 is 2.70 bits per heavy atom. The van der Waals surface area contributed by atoms with E-state index in [1.807, 2.05) is 37.1 Å². The first-order valence-corrected chi connectivity index (χ1v) is 6.05. The van der Waals surface area contributed by atoms with E-state index in [2.05, 4.69) is 0 Å². The van der Waals surface area contributed by atoms with Crippen LogP contribution >= 0.6 is 0 Å². The lowest BCUT2D eigenvalue weighted by Crippen LogP contribution is -2.17. The molecule has 0 radical (unpaired) electrons. The van der Waals surface area contributed by atoms with Crippen LogP contribution < -0.4 is 4.90 Å². The molecule has 1 N–H and O–H groups in total. The average molecular weight is 270 g/mol. The smallest absolute Gasteiger partial charge is 0.335 e. The molecule has 0 aliphatic rings. The van der Waals surface area contributed by atoms with Crippen LogP contribution in [0.25, 0.3) is 0 Å². The van der Waals surface area contributed by atoms with Crippen molar-refractivity contribution in [1.29, 1.82) is 5.26 Å². The second-order valence-electron chi connectivity index (χ2n) is 4.52. The molecule has 0 atom stereocenters. The van der Waals surface area contributed by atoms with E-state index in [0.29, 0.717) is 17.8 Å². The lowest BCUT2D eigenvalue weighted by atomic mass is 10.1. The first-order chi connectivity index (χ1) is 9.51. The molecule has 1 aromatic heterocycles. The first-order valence-electron chi connectivity index (χ1n) is 6.05. The van der Waals surface area contributed by atoms with Gasteiger partial charge in [0.2, 0.25) is 0 Å². The summed E-state index contributed by atoms with van der Waals surface area (Å²) in [5.41, 5.74) is 1.11. The molecule has 5 heteroatoms. The summed E-state index contributed by atoms with van der Waals surface area (Å²) in [6.45, 7) is 2.38. The monoisotopic (exact) mass is 270 g/mol. The zero-order valence-corrected chi connectivity index (χ0v) is 11.3. The fourth-order valence-electron chi connectivity index (χ4n) is 1.98. The number of aromatic carboxylic acids is 1. The van der Waals surface area contributed by atoms with Crippen molar-refractivity contribution in [1.82, 2.24) is 0 Å². The van der Waals surface area contributed by atoms with E-state index in [1.54, 1.807) is 6.07 Å². The van der Waals surface area contributed by atoms with Gasteiger partial charge in [-0.25, -0.2) is 4.79 Å². The third kappa shape index (κ3) is 2.81. The Bertz CT molecular complexity index is 683. The van der Waals surface area contributed by atoms with Crippen molar-refractivity contribution in [3.8, 4) is 6.07 Å². The summed E-state index contributed by atoms with van der Waals surface area (Å²) in [5, 5.41) is 18.1. The van der Waals surface area contributed by atoms with E-state index in [9.17, 15) is 4.79 Å². The topological polar surface area (TPSA) is 77.5 Å². The number of benzene rings is 1. The zero-order valence-electron chi connectivity index (χ0n) is 11.3. The number of rotatable bonds is 4. The number of nitriles is 1. The second kappa shape index (κ2) is 5.49. The van der Waals surface area contributed by atoms with Crippen molar-refractivity contribution in [2.45, 2.75) is 13.5 Å². The van der Waals surface area contributed by atoms with E-state index in [0.717, 1.165) is 11.5 Å². The Balaban J connectivity index is 2.27. The van der Waals surface area contributed by atoms with Gasteiger partial charge in [0.1, 0.15) is 17.6 Å². The molecule has 102 valence electrons. The van der Waals surface area contributed by atoms with Crippen LogP contribution in [-0.4, -0.2) is 18.1 Å². The third-order valence-corrected chi connectivity index (χ3v) is 2.96. The highest BCUT2D eigenvalue weighted by atomic mass is 16.4. The Kier molecular flexibility index (Phi) is 3.76. The van der Waals surface area contributed by atoms with E-state index in [-0.39, 0.29) is 5.56 Å². The SMILES string of the molecule is Cc1ccc(CN(C)c2ccc(C(=O)O)cc2C#N)o1. The summed E-state index contributed by atoms with van der Waals surface area (Å²) in [7, 11) is 1.83. The van der Waals surface area contributed by atoms with Crippen molar-refractivity contribution in [3.63, 3.8) is 0 Å². The lowest BCUT2D eigenvalue weighted by Gasteiger charge is -2.19. The Morgan fingerprint density at radius 1 is 1.40 bits per heavy atom. The van der Waals surface area contributed by atoms with Crippen LogP contribution in [0.1, 0.15) is 27.4 Å². The van der Waals surface area contributed by atoms with Gasteiger partial charge in [-0.15, -0.1) is 0 Å². The minimum atomic E-state index is -1.04. The fraction of sp³-hybridized carbons (Fsp3) is 0.200. The van der Waals surface area contributed by atoms with Crippen molar-refractivity contribution in [2.75, 3.05) is 11.9 Å². The van der Waals surface area contributed by atoms with E-state index >= 15 is 0 Å². The van der Waals surface area contributed by atoms with Crippen LogP contribution in [0.3, 0.4) is 0 Å². The minimum absolute atomic E-state index is 0.104. The van der Waals surface area contributed by atoms with Gasteiger partial charge >= 0.3 is 5.97 Å². The maximum Gasteiger partial charge on any atom is 0.335 e. The fourth-order valence-corrected chi connectivity index (χ4v) is 1.98. The summed E-state index contributed by atoms with van der Waals surface area (Å²) in [6.07, 6.45) is 0. The maximum atomic E-state index is 10.9. The molecule has 0 bridgehead atoms. The zero-order chi connectivity index (χ0) is 14.7. The summed E-state index contributed by atoms with van der Waals surface area (Å²) in [4.78, 5) is 12.8. The highest BCUT2D eigenvalue weighted by Gasteiger charge is 2.12. The van der Waals surface area contributed by atoms with Gasteiger partial charge in [0.05, 0.1) is 23.4 Å². The number of carbonyl (C=O) groups is 1. The normalized spacial score (nSPS) is 10.1. The molecule has 0 saturated carbocycles. The molecule has 0 aliphatic heterocycles. The predicted octanol–water partition coefficient (Wildman–Crippen LogP) is 2.79. The highest BCUT2D eigenvalue weighted by Crippen LogP contribution is 2.22. The van der Waals surface area contributed by atoms with Gasteiger partial charge in [-0.05, 0) is 37.3 Å². The van der Waals surface area contributed by atoms with Crippen molar-refractivity contribution in [3.05, 3.63) is 53.0 Å². The number of carboxylic acid groups (broad SMARTS) is 1. The van der Waals surface area contributed by atoms with Gasteiger partial charge in [0, 0.05) is 7.05 Å². The molecule has 0 saturated heterocycles. The number of hydrogen-bond acceptors (Lipinski definition) is 4. The molecule has 5 nitrogen and oxygen atoms in total. The first kappa shape index (κ1) is 13.7. The molecular weight excluding hydrogens is 256 g/mol. The van der Waals surface area contributed by atoms with Gasteiger partial charge in [-0.1, -0.05) is 0 Å². The molecule has 2 aromatic rings. The van der Waals surface area contributed by atoms with Gasteiger partial charge in [-0.2, -0.15) is 5.26 Å². The molecule has 0 spiro atoms. The van der Waals surface area contributed by atoms with Crippen molar-refractivity contribution >= 4 is 11.7 Å². The Hall–Kier alpha value is -2.74. The number of aryl methyl sites for hydroxylation is 1. The summed E-state index contributed by atoms with van der Waals surface area (Å²) in [6, 6.07) is 10.3. The second-order valence-corrected chi connectivity index (χ2v) is 4.52. The predicted molar refractivity (Wildman–Crippen MR) is 73.7 cm³/mol. The minimum Gasteiger partial charge on any atom is -0.478 e. The highest BCUT2D eigenvalue weighted by molar-refractivity contribution is 5.89. The van der Waals surface area contributed by atoms with Crippen LogP contribution in [0, 0.1) is 18.3 Å². The van der Waals surface area contributed by atoms with Gasteiger partial charge in [-0.3, -0.25) is 0 Å². The standard InChI is InChI=1S/C15H14N2O3/c1-10-3-5-13(20-10)9-17(2)14-6-4-11(15(18)19)7-12(14)8-16/h3-7H,9H2,1-2H3,(H,18,19). The van der Waals surface area contributed by atoms with Gasteiger partial charge < -0.3 is 14.4 Å². The van der Waals surface area contributed by atoms with E-state index < -0.39 is 5.97 Å². The summed E-state index contributed by atoms with van der Waals surface area (Å²) < 4.78 is 5.49. The molecule has 1 heterocycles. The average Bonchev–Trinajstić information content (AvgIpc) is 2.83. The molecule has 1 aromatic carbocycles. The summed E-state index contributed by atoms with van der Waals surface area (Å²) in [5.74, 6) is 0.573. The number of carboxylic acids is 1. The maximum absolute atomic E-state index is 10.9. The number of anilines is 1. The lowest BCUT2D eigenvalue weighted by molar-refractivity contribution is 0.0697. The molecule has 0 aliphatic carbocycles. The number of furan rings is 1. The van der Waals surface area contributed by atoms with Gasteiger partial charge in [0.15, 0.2) is 0 Å². The van der Waals surface area contributed by atoms with Crippen molar-refractivity contribution in [2.24, 2.45) is 0 Å². The number of nitrogens with zero attached hydrogens (tertiary/aromatic N) is 2. The van der Waals surface area contributed by atoms with Crippen LogP contribution in [0.5, 0.6) is 0 Å². The molecule has 2 rings (SSSR count). The molecule has 20 heavy (non-hydrogen) atoms. The third-order valence-electron chi connectivity index (χ3n) is 2.96. The van der Waals surface area contributed by atoms with E-state index in [1.165, 1.54) is 12.1 Å². The quantitative estimate of drug-likeness (QED) is 0.924. The molecule has 0 amide bonds. The van der Waals surface area contributed by atoms with E-state index in [4.69, 9.17) is 14.8 Å². The molecule has 0 unspecified atom stereocenters. The molecule has 0 fully saturated rings. The Labute approximate surface area is 116 Å². The van der Waals surface area contributed by atoms with Crippen molar-refractivity contribution < 1.29 is 14.3 Å². The van der Waals surface area contributed by atoms with Gasteiger partial charge in [0.25, 0.3) is 0 Å². The van der Waals surface area contributed by atoms with Crippen LogP contribution in [-0.2, 0) is 6.54 Å². The van der Waals surface area contributed by atoms with Crippen LogP contribution in [0.4, 0.5) is 5.69 Å². The number of hydrogen-bond donors (Lipinski definition) is 1. The molecular formula is C15H14N2O3.